The number of β-amino-alcohol motifs (C(OH)–C–C–N with tert-alkyl or cyclic N) is 1. The molecule has 0 saturated carbocycles. The minimum absolute atomic E-state index is 0.00648. The molecule has 128 valence electrons. The summed E-state index contributed by atoms with van der Waals surface area (Å²) in [7, 11) is 2.52. The van der Waals surface area contributed by atoms with Gasteiger partial charge < -0.3 is 25.0 Å². The van der Waals surface area contributed by atoms with Gasteiger partial charge in [-0.05, 0) is 6.07 Å². The van der Waals surface area contributed by atoms with Crippen molar-refractivity contribution in [1.29, 1.82) is 0 Å². The number of amides is 2. The average Bonchev–Trinajstić information content (AvgIpc) is 2.83. The lowest BCUT2D eigenvalue weighted by atomic mass is 10.1. The number of phenols is 1. The molecule has 0 fully saturated rings. The maximum Gasteiger partial charge on any atom is 0.341 e. The van der Waals surface area contributed by atoms with Crippen molar-refractivity contribution in [3.8, 4) is 11.5 Å². The molecule has 9 nitrogen and oxygen atoms in total. The van der Waals surface area contributed by atoms with Gasteiger partial charge in [0.05, 0.1) is 33.1 Å². The lowest BCUT2D eigenvalue weighted by Crippen LogP contribution is -2.34. The third kappa shape index (κ3) is 3.15. The van der Waals surface area contributed by atoms with Crippen LogP contribution in [0.25, 0.3) is 0 Å². The molecule has 24 heavy (non-hydrogen) atoms. The summed E-state index contributed by atoms with van der Waals surface area (Å²) in [6.45, 7) is -0.508. The largest absolute Gasteiger partial charge is 0.505 e. The Morgan fingerprint density at radius 3 is 2.58 bits per heavy atom. The summed E-state index contributed by atoms with van der Waals surface area (Å²) in [5.41, 5.74) is -0.273. The highest BCUT2D eigenvalue weighted by atomic mass is 16.5. The molecule has 1 aromatic rings. The summed E-state index contributed by atoms with van der Waals surface area (Å²) in [5, 5.41) is 21.7. The number of imide groups is 1. The number of benzene rings is 1. The van der Waals surface area contributed by atoms with Crippen LogP contribution in [0.1, 0.15) is 10.4 Å². The Morgan fingerprint density at radius 1 is 1.29 bits per heavy atom. The van der Waals surface area contributed by atoms with E-state index in [2.05, 4.69) is 10.1 Å². The standard InChI is InChI=1S/C15H16N2O7/c1-23-8-5-9(15(22)24-2)13(20)10(6-8)16-11-7-12(19)17(3-4-18)14(11)21/h5-7,16,18,20H,3-4H2,1-2H3. The zero-order valence-corrected chi connectivity index (χ0v) is 13.0. The fraction of sp³-hybridized carbons (Fsp3) is 0.267. The molecule has 9 heteroatoms. The number of aromatic hydroxyl groups is 1. The number of rotatable bonds is 6. The summed E-state index contributed by atoms with van der Waals surface area (Å²) in [5.74, 6) is -2.26. The van der Waals surface area contributed by atoms with Crippen LogP contribution < -0.4 is 10.1 Å². The maximum absolute atomic E-state index is 12.1. The Bertz CT molecular complexity index is 727. The molecule has 0 atom stereocenters. The molecule has 1 heterocycles. The number of nitrogens with zero attached hydrogens (tertiary/aromatic N) is 1. The van der Waals surface area contributed by atoms with Gasteiger partial charge in [0.15, 0.2) is 5.75 Å². The van der Waals surface area contributed by atoms with Crippen LogP contribution in [0.2, 0.25) is 0 Å². The number of hydrogen-bond acceptors (Lipinski definition) is 8. The van der Waals surface area contributed by atoms with Crippen LogP contribution in [-0.2, 0) is 14.3 Å². The van der Waals surface area contributed by atoms with E-state index in [4.69, 9.17) is 9.84 Å². The predicted octanol–water partition coefficient (Wildman–Crippen LogP) is -0.156. The Morgan fingerprint density at radius 2 is 2.00 bits per heavy atom. The molecule has 0 bridgehead atoms. The van der Waals surface area contributed by atoms with Gasteiger partial charge in [-0.1, -0.05) is 0 Å². The van der Waals surface area contributed by atoms with Crippen molar-refractivity contribution in [3.63, 3.8) is 0 Å². The third-order valence-electron chi connectivity index (χ3n) is 3.33. The maximum atomic E-state index is 12.1. The van der Waals surface area contributed by atoms with Crippen molar-refractivity contribution < 1.29 is 34.1 Å². The van der Waals surface area contributed by atoms with E-state index in [9.17, 15) is 19.5 Å². The highest BCUT2D eigenvalue weighted by Gasteiger charge is 2.31. The van der Waals surface area contributed by atoms with Crippen LogP contribution in [0.4, 0.5) is 5.69 Å². The van der Waals surface area contributed by atoms with Gasteiger partial charge in [-0.15, -0.1) is 0 Å². The zero-order chi connectivity index (χ0) is 17.9. The van der Waals surface area contributed by atoms with Crippen molar-refractivity contribution in [1.82, 2.24) is 4.90 Å². The van der Waals surface area contributed by atoms with Crippen molar-refractivity contribution >= 4 is 23.5 Å². The van der Waals surface area contributed by atoms with Crippen molar-refractivity contribution in [2.75, 3.05) is 32.7 Å². The average molecular weight is 336 g/mol. The quantitative estimate of drug-likeness (QED) is 0.372. The lowest BCUT2D eigenvalue weighted by Gasteiger charge is -2.15. The molecule has 0 unspecified atom stereocenters. The van der Waals surface area contributed by atoms with Gasteiger partial charge in [-0.2, -0.15) is 0 Å². The van der Waals surface area contributed by atoms with E-state index in [0.29, 0.717) is 0 Å². The van der Waals surface area contributed by atoms with Crippen molar-refractivity contribution in [2.24, 2.45) is 0 Å². The molecule has 1 aliphatic rings. The second kappa shape index (κ2) is 7.01. The Kier molecular flexibility index (Phi) is 5.05. The summed E-state index contributed by atoms with van der Waals surface area (Å²) in [6, 6.07) is 2.63. The van der Waals surface area contributed by atoms with E-state index in [1.807, 2.05) is 0 Å². The highest BCUT2D eigenvalue weighted by molar-refractivity contribution is 6.17. The first-order chi connectivity index (χ1) is 11.4. The van der Waals surface area contributed by atoms with Gasteiger partial charge in [0.1, 0.15) is 17.0 Å². The molecule has 0 aromatic heterocycles. The van der Waals surface area contributed by atoms with Crippen LogP contribution >= 0.6 is 0 Å². The number of anilines is 1. The van der Waals surface area contributed by atoms with Crippen LogP contribution in [0.3, 0.4) is 0 Å². The summed E-state index contributed by atoms with van der Waals surface area (Å²) < 4.78 is 9.62. The van der Waals surface area contributed by atoms with E-state index < -0.39 is 23.5 Å². The zero-order valence-electron chi connectivity index (χ0n) is 13.0. The number of ether oxygens (including phenoxy) is 2. The number of aliphatic hydroxyl groups is 1. The molecule has 2 rings (SSSR count). The molecule has 0 radical (unpaired) electrons. The van der Waals surface area contributed by atoms with Crippen molar-refractivity contribution in [2.45, 2.75) is 0 Å². The van der Waals surface area contributed by atoms with Crippen LogP contribution in [0.15, 0.2) is 23.9 Å². The fourth-order valence-electron chi connectivity index (χ4n) is 2.14. The second-order valence-electron chi connectivity index (χ2n) is 4.76. The number of methoxy groups -OCH3 is 2. The smallest absolute Gasteiger partial charge is 0.341 e. The Hall–Kier alpha value is -3.07. The fourth-order valence-corrected chi connectivity index (χ4v) is 2.14. The van der Waals surface area contributed by atoms with E-state index >= 15 is 0 Å². The van der Waals surface area contributed by atoms with Gasteiger partial charge >= 0.3 is 5.97 Å². The van der Waals surface area contributed by atoms with Gasteiger partial charge in [0, 0.05) is 12.1 Å². The number of nitrogens with one attached hydrogen (secondary N) is 1. The number of aliphatic hydroxyl groups excluding tert-OH is 1. The molecule has 1 aliphatic heterocycles. The molecule has 0 saturated heterocycles. The monoisotopic (exact) mass is 336 g/mol. The number of carbonyl (C=O) groups is 3. The van der Waals surface area contributed by atoms with Gasteiger partial charge in [-0.3, -0.25) is 14.5 Å². The number of esters is 1. The minimum Gasteiger partial charge on any atom is -0.505 e. The highest BCUT2D eigenvalue weighted by Crippen LogP contribution is 2.34. The van der Waals surface area contributed by atoms with Crippen LogP contribution in [0, 0.1) is 0 Å². The van der Waals surface area contributed by atoms with Gasteiger partial charge in [0.2, 0.25) is 0 Å². The van der Waals surface area contributed by atoms with E-state index in [0.717, 1.165) is 18.1 Å². The second-order valence-corrected chi connectivity index (χ2v) is 4.76. The minimum atomic E-state index is -0.792. The first kappa shape index (κ1) is 17.3. The summed E-state index contributed by atoms with van der Waals surface area (Å²) >= 11 is 0. The Balaban J connectivity index is 2.36. The van der Waals surface area contributed by atoms with E-state index in [-0.39, 0.29) is 35.8 Å². The molecule has 0 aliphatic carbocycles. The predicted molar refractivity (Wildman–Crippen MR) is 81.5 cm³/mol. The first-order valence-electron chi connectivity index (χ1n) is 6.87. The molecule has 3 N–H and O–H groups in total. The molecular weight excluding hydrogens is 320 g/mol. The van der Waals surface area contributed by atoms with E-state index in [1.54, 1.807) is 0 Å². The molecule has 0 spiro atoms. The number of hydrogen-bond donors (Lipinski definition) is 3. The first-order valence-corrected chi connectivity index (χ1v) is 6.87. The lowest BCUT2D eigenvalue weighted by molar-refractivity contribution is -0.137. The Labute approximate surface area is 137 Å². The number of phenolic OH excluding ortho intramolecular Hbond substituents is 1. The normalized spacial score (nSPS) is 13.8. The molecule has 1 aromatic carbocycles. The van der Waals surface area contributed by atoms with Crippen LogP contribution in [0.5, 0.6) is 11.5 Å². The molecule has 2 amide bonds. The van der Waals surface area contributed by atoms with Gasteiger partial charge in [0.25, 0.3) is 11.8 Å². The van der Waals surface area contributed by atoms with Crippen LogP contribution in [-0.4, -0.2) is 60.3 Å². The SMILES string of the molecule is COC(=O)c1cc(OC)cc(NC2=CC(=O)N(CCO)C2=O)c1O. The summed E-state index contributed by atoms with van der Waals surface area (Å²) in [4.78, 5) is 36.4. The molecular formula is C15H16N2O7. The van der Waals surface area contributed by atoms with Crippen molar-refractivity contribution in [3.05, 3.63) is 29.5 Å². The summed E-state index contributed by atoms with van der Waals surface area (Å²) in [6.07, 6.45) is 1.04. The third-order valence-corrected chi connectivity index (χ3v) is 3.33. The number of carbonyl (C=O) groups excluding carboxylic acids is 3. The topological polar surface area (TPSA) is 125 Å². The van der Waals surface area contributed by atoms with E-state index in [1.165, 1.54) is 19.2 Å². The van der Waals surface area contributed by atoms with Gasteiger partial charge in [-0.25, -0.2) is 4.79 Å².